The lowest BCUT2D eigenvalue weighted by Crippen LogP contribution is -2.38. The third-order valence-electron chi connectivity index (χ3n) is 1.47. The lowest BCUT2D eigenvalue weighted by molar-refractivity contribution is 0.175. The standard InChI is InChI=1S/C8H17N/c1-8(2,3)9-6-4-5-7-9/h4-7H2,1-3H3/i4D2,7D2. The van der Waals surface area contributed by atoms with E-state index in [4.69, 9.17) is 5.48 Å². The Bertz CT molecular complexity index is 207. The number of nitrogens with zero attached hydrogens (tertiary/aromatic N) is 1. The molecule has 1 heterocycles. The fourth-order valence-electron chi connectivity index (χ4n) is 0.849. The van der Waals surface area contributed by atoms with Gasteiger partial charge in [0.15, 0.2) is 0 Å². The van der Waals surface area contributed by atoms with Crippen LogP contribution in [0.1, 0.15) is 39.0 Å². The Balaban J connectivity index is 2.89. The van der Waals surface area contributed by atoms with Crippen LogP contribution < -0.4 is 0 Å². The first-order valence-corrected chi connectivity index (χ1v) is 3.32. The van der Waals surface area contributed by atoms with Crippen molar-refractivity contribution in [3.05, 3.63) is 0 Å². The number of hydrogen-bond donors (Lipinski definition) is 0. The van der Waals surface area contributed by atoms with E-state index in [1.54, 1.807) is 4.90 Å². The van der Waals surface area contributed by atoms with Crippen molar-refractivity contribution >= 4 is 0 Å². The van der Waals surface area contributed by atoms with E-state index >= 15 is 0 Å². The highest BCUT2D eigenvalue weighted by molar-refractivity contribution is 4.79. The Hall–Kier alpha value is -0.0400. The molecular formula is C8H17N. The van der Waals surface area contributed by atoms with Gasteiger partial charge in [0.05, 0.1) is 0 Å². The molecule has 1 heteroatoms. The van der Waals surface area contributed by atoms with Crippen LogP contribution in [0.3, 0.4) is 0 Å². The molecule has 1 nitrogen and oxygen atoms in total. The molecule has 1 aliphatic rings. The van der Waals surface area contributed by atoms with Gasteiger partial charge in [-0.3, -0.25) is 4.90 Å². The summed E-state index contributed by atoms with van der Waals surface area (Å²) in [5, 5.41) is 0. The Morgan fingerprint density at radius 1 is 1.44 bits per heavy atom. The molecule has 1 rings (SSSR count). The van der Waals surface area contributed by atoms with E-state index in [1.165, 1.54) is 0 Å². The molecular weight excluding hydrogens is 110 g/mol. The van der Waals surface area contributed by atoms with Crippen molar-refractivity contribution in [3.63, 3.8) is 0 Å². The molecule has 0 aliphatic carbocycles. The summed E-state index contributed by atoms with van der Waals surface area (Å²) in [6.45, 7) is 4.40. The minimum atomic E-state index is -1.51. The molecule has 0 spiro atoms. The van der Waals surface area contributed by atoms with Gasteiger partial charge in [0.1, 0.15) is 0 Å². The van der Waals surface area contributed by atoms with Crippen LogP contribution >= 0.6 is 0 Å². The zero-order chi connectivity index (χ0) is 10.5. The van der Waals surface area contributed by atoms with Crippen molar-refractivity contribution in [1.29, 1.82) is 0 Å². The highest BCUT2D eigenvalue weighted by Gasteiger charge is 2.23. The second-order valence-electron chi connectivity index (χ2n) is 3.34. The first-order valence-electron chi connectivity index (χ1n) is 5.32. The van der Waals surface area contributed by atoms with Crippen molar-refractivity contribution in [1.82, 2.24) is 4.90 Å². The van der Waals surface area contributed by atoms with Gasteiger partial charge in [-0.05, 0) is 46.6 Å². The lowest BCUT2D eigenvalue weighted by atomic mass is 10.1. The molecule has 0 unspecified atom stereocenters. The predicted molar refractivity (Wildman–Crippen MR) is 40.6 cm³/mol. The Morgan fingerprint density at radius 3 is 2.33 bits per heavy atom. The van der Waals surface area contributed by atoms with E-state index in [0.29, 0.717) is 0 Å². The van der Waals surface area contributed by atoms with Gasteiger partial charge < -0.3 is 0 Å². The van der Waals surface area contributed by atoms with Crippen LogP contribution in [0.25, 0.3) is 0 Å². The lowest BCUT2D eigenvalue weighted by Gasteiger charge is -2.31. The maximum atomic E-state index is 7.71. The molecule has 0 bridgehead atoms. The minimum Gasteiger partial charge on any atom is -0.298 e. The van der Waals surface area contributed by atoms with Crippen LogP contribution in [0.4, 0.5) is 0 Å². The molecule has 0 aromatic rings. The minimum absolute atomic E-state index is 0.0305. The molecule has 0 saturated carbocycles. The van der Waals surface area contributed by atoms with Gasteiger partial charge in [0, 0.05) is 11.0 Å². The van der Waals surface area contributed by atoms with E-state index in [2.05, 4.69) is 0 Å². The van der Waals surface area contributed by atoms with E-state index < -0.39 is 12.9 Å². The maximum Gasteiger partial charge on any atom is 0.0431 e. The second-order valence-corrected chi connectivity index (χ2v) is 3.34. The van der Waals surface area contributed by atoms with Crippen LogP contribution in [0.15, 0.2) is 0 Å². The smallest absolute Gasteiger partial charge is 0.0431 e. The summed E-state index contributed by atoms with van der Waals surface area (Å²) in [5.41, 5.74) is -0.312. The first-order chi connectivity index (χ1) is 5.55. The van der Waals surface area contributed by atoms with Gasteiger partial charge in [0.2, 0.25) is 0 Å². The molecule has 0 aromatic heterocycles. The average molecular weight is 131 g/mol. The highest BCUT2D eigenvalue weighted by atomic mass is 15.2. The SMILES string of the molecule is [2H]C1([2H])CN(C(C)(C)C)C([2H])([2H])C1. The Labute approximate surface area is 63.7 Å². The Morgan fingerprint density at radius 2 is 2.11 bits per heavy atom. The number of likely N-dealkylation sites (tertiary alicyclic amines) is 1. The summed E-state index contributed by atoms with van der Waals surface area (Å²) in [6.07, 6.45) is -1.42. The molecule has 1 fully saturated rings. The summed E-state index contributed by atoms with van der Waals surface area (Å²) >= 11 is 0. The predicted octanol–water partition coefficient (Wildman–Crippen LogP) is 1.88. The number of hydrogen-bond acceptors (Lipinski definition) is 1. The second kappa shape index (κ2) is 2.30. The molecule has 0 atom stereocenters. The molecule has 0 aromatic carbocycles. The monoisotopic (exact) mass is 131 g/mol. The largest absolute Gasteiger partial charge is 0.298 e. The average Bonchev–Trinajstić information content (AvgIpc) is 1.97. The fraction of sp³-hybridized carbons (Fsp3) is 1.00. The third-order valence-corrected chi connectivity index (χ3v) is 1.47. The summed E-state index contributed by atoms with van der Waals surface area (Å²) in [4.78, 5) is 1.60. The third kappa shape index (κ3) is 1.68. The van der Waals surface area contributed by atoms with Gasteiger partial charge in [-0.25, -0.2) is 0 Å². The van der Waals surface area contributed by atoms with E-state index in [1.807, 2.05) is 20.8 Å². The molecule has 0 radical (unpaired) electrons. The van der Waals surface area contributed by atoms with E-state index in [0.717, 1.165) is 0 Å². The van der Waals surface area contributed by atoms with Crippen molar-refractivity contribution in [2.45, 2.75) is 39.1 Å². The molecule has 9 heavy (non-hydrogen) atoms. The van der Waals surface area contributed by atoms with Crippen molar-refractivity contribution < 1.29 is 5.48 Å². The van der Waals surface area contributed by atoms with Gasteiger partial charge in [0.25, 0.3) is 0 Å². The number of rotatable bonds is 0. The molecule has 0 N–H and O–H groups in total. The van der Waals surface area contributed by atoms with Crippen LogP contribution in [0.2, 0.25) is 0 Å². The molecule has 1 aliphatic heterocycles. The van der Waals surface area contributed by atoms with Crippen molar-refractivity contribution in [2.75, 3.05) is 13.0 Å². The summed E-state index contributed by atoms with van der Waals surface area (Å²) in [6, 6.07) is 0. The normalized spacial score (nSPS) is 40.8. The van der Waals surface area contributed by atoms with Gasteiger partial charge in [-0.2, -0.15) is 0 Å². The Kier molecular flexibility index (Phi) is 0.862. The molecule has 1 saturated heterocycles. The topological polar surface area (TPSA) is 3.24 Å². The first kappa shape index (κ1) is 3.38. The molecule has 0 amide bonds. The zero-order valence-electron chi connectivity index (χ0n) is 10.4. The highest BCUT2D eigenvalue weighted by Crippen LogP contribution is 2.19. The van der Waals surface area contributed by atoms with Gasteiger partial charge in [-0.15, -0.1) is 0 Å². The van der Waals surface area contributed by atoms with Crippen molar-refractivity contribution in [2.24, 2.45) is 0 Å². The van der Waals surface area contributed by atoms with Crippen molar-refractivity contribution in [3.8, 4) is 0 Å². The van der Waals surface area contributed by atoms with Crippen LogP contribution in [0.5, 0.6) is 0 Å². The van der Waals surface area contributed by atoms with E-state index in [-0.39, 0.29) is 18.5 Å². The fourth-order valence-corrected chi connectivity index (χ4v) is 0.849. The molecule has 54 valence electrons. The summed E-state index contributed by atoms with van der Waals surface area (Å²) in [7, 11) is 0. The van der Waals surface area contributed by atoms with Crippen LogP contribution in [0, 0.1) is 0 Å². The summed E-state index contributed by atoms with van der Waals surface area (Å²) < 4.78 is 30.5. The quantitative estimate of drug-likeness (QED) is 0.485. The maximum absolute atomic E-state index is 7.71. The van der Waals surface area contributed by atoms with Gasteiger partial charge in [-0.1, -0.05) is 0 Å². The van der Waals surface area contributed by atoms with Crippen LogP contribution in [-0.2, 0) is 0 Å². The zero-order valence-corrected chi connectivity index (χ0v) is 6.36. The van der Waals surface area contributed by atoms with E-state index in [9.17, 15) is 0 Å². The van der Waals surface area contributed by atoms with Gasteiger partial charge >= 0.3 is 0 Å². The summed E-state index contributed by atoms with van der Waals surface area (Å²) in [5.74, 6) is 0. The van der Waals surface area contributed by atoms with Crippen LogP contribution in [-0.4, -0.2) is 23.5 Å².